The molecule has 0 saturated carbocycles. The molecule has 0 fully saturated rings. The number of benzene rings is 2. The van der Waals surface area contributed by atoms with Crippen LogP contribution in [0.4, 0.5) is 18.9 Å². The van der Waals surface area contributed by atoms with Gasteiger partial charge in [-0.05, 0) is 35.9 Å². The Balaban J connectivity index is 2.14. The highest BCUT2D eigenvalue weighted by molar-refractivity contribution is 9.10. The molecule has 94 valence electrons. The summed E-state index contributed by atoms with van der Waals surface area (Å²) in [5, 5.41) is 2.72. The van der Waals surface area contributed by atoms with E-state index in [1.807, 2.05) is 0 Å². The first-order valence-electron chi connectivity index (χ1n) is 5.19. The van der Waals surface area contributed by atoms with Gasteiger partial charge in [0.1, 0.15) is 5.82 Å². The quantitative estimate of drug-likeness (QED) is 0.880. The van der Waals surface area contributed by atoms with Gasteiger partial charge in [-0.1, -0.05) is 22.0 Å². The van der Waals surface area contributed by atoms with Gasteiger partial charge in [0.05, 0.1) is 5.69 Å². The van der Waals surface area contributed by atoms with E-state index < -0.39 is 11.6 Å². The highest BCUT2D eigenvalue weighted by Gasteiger charge is 2.07. The van der Waals surface area contributed by atoms with Gasteiger partial charge < -0.3 is 5.32 Å². The van der Waals surface area contributed by atoms with E-state index in [0.29, 0.717) is 10.0 Å². The van der Waals surface area contributed by atoms with Crippen molar-refractivity contribution in [3.63, 3.8) is 0 Å². The van der Waals surface area contributed by atoms with Crippen molar-refractivity contribution >= 4 is 21.6 Å². The molecule has 2 rings (SSSR count). The van der Waals surface area contributed by atoms with Crippen LogP contribution in [0.2, 0.25) is 0 Å². The fourth-order valence-electron chi connectivity index (χ4n) is 1.55. The fraction of sp³-hybridized carbons (Fsp3) is 0.0769. The molecular formula is C13H9BrF3N. The lowest BCUT2D eigenvalue weighted by Gasteiger charge is -2.08. The van der Waals surface area contributed by atoms with Crippen LogP contribution in [0.5, 0.6) is 0 Å². The molecule has 0 bridgehead atoms. The van der Waals surface area contributed by atoms with Crippen LogP contribution in [0, 0.1) is 17.5 Å². The highest BCUT2D eigenvalue weighted by Crippen LogP contribution is 2.19. The Morgan fingerprint density at radius 1 is 1.06 bits per heavy atom. The zero-order valence-electron chi connectivity index (χ0n) is 9.18. The lowest BCUT2D eigenvalue weighted by molar-refractivity contribution is 0.511. The second-order valence-electron chi connectivity index (χ2n) is 3.73. The lowest BCUT2D eigenvalue weighted by atomic mass is 10.2. The molecule has 0 atom stereocenters. The molecule has 1 N–H and O–H groups in total. The average Bonchev–Trinajstić information content (AvgIpc) is 2.30. The van der Waals surface area contributed by atoms with E-state index in [0.717, 1.165) is 6.07 Å². The number of rotatable bonds is 3. The Labute approximate surface area is 111 Å². The monoisotopic (exact) mass is 315 g/mol. The van der Waals surface area contributed by atoms with Crippen molar-refractivity contribution in [2.45, 2.75) is 6.54 Å². The highest BCUT2D eigenvalue weighted by atomic mass is 79.9. The van der Waals surface area contributed by atoms with Crippen LogP contribution in [0.25, 0.3) is 0 Å². The molecule has 0 heterocycles. The predicted octanol–water partition coefficient (Wildman–Crippen LogP) is 4.48. The maximum atomic E-state index is 13.3. The molecule has 0 radical (unpaired) electrons. The molecule has 1 nitrogen and oxygen atoms in total. The van der Waals surface area contributed by atoms with Gasteiger partial charge in [0.15, 0.2) is 11.6 Å². The first-order chi connectivity index (χ1) is 8.56. The molecular weight excluding hydrogens is 307 g/mol. The summed E-state index contributed by atoms with van der Waals surface area (Å²) < 4.78 is 40.0. The van der Waals surface area contributed by atoms with Crippen LogP contribution in [-0.2, 0) is 6.54 Å². The lowest BCUT2D eigenvalue weighted by Crippen LogP contribution is -2.03. The average molecular weight is 316 g/mol. The molecule has 2 aromatic rings. The Morgan fingerprint density at radius 2 is 1.83 bits per heavy atom. The summed E-state index contributed by atoms with van der Waals surface area (Å²) >= 11 is 3.16. The summed E-state index contributed by atoms with van der Waals surface area (Å²) in [7, 11) is 0. The van der Waals surface area contributed by atoms with Crippen molar-refractivity contribution in [1.82, 2.24) is 0 Å². The van der Waals surface area contributed by atoms with E-state index in [-0.39, 0.29) is 18.0 Å². The fourth-order valence-corrected chi connectivity index (χ4v) is 2.06. The predicted molar refractivity (Wildman–Crippen MR) is 67.8 cm³/mol. The van der Waals surface area contributed by atoms with Crippen molar-refractivity contribution in [3.05, 3.63) is 63.9 Å². The number of nitrogens with one attached hydrogen (secondary N) is 1. The van der Waals surface area contributed by atoms with Crippen molar-refractivity contribution in [1.29, 1.82) is 0 Å². The smallest absolute Gasteiger partial charge is 0.181 e. The molecule has 0 aromatic heterocycles. The van der Waals surface area contributed by atoms with Gasteiger partial charge in [0, 0.05) is 11.0 Å². The molecule has 2 aromatic carbocycles. The van der Waals surface area contributed by atoms with Crippen molar-refractivity contribution in [2.75, 3.05) is 5.32 Å². The van der Waals surface area contributed by atoms with Crippen LogP contribution >= 0.6 is 15.9 Å². The summed E-state index contributed by atoms with van der Waals surface area (Å²) in [6.45, 7) is 0.205. The molecule has 0 amide bonds. The third kappa shape index (κ3) is 3.04. The van der Waals surface area contributed by atoms with Gasteiger partial charge in [0.25, 0.3) is 0 Å². The number of hydrogen-bond acceptors (Lipinski definition) is 1. The van der Waals surface area contributed by atoms with Crippen molar-refractivity contribution in [3.8, 4) is 0 Å². The number of anilines is 1. The van der Waals surface area contributed by atoms with E-state index in [2.05, 4.69) is 21.2 Å². The summed E-state index contributed by atoms with van der Waals surface area (Å²) in [5.41, 5.74) is 0.681. The standard InChI is InChI=1S/C13H9BrF3N/c14-9-4-8(5-10(15)6-9)7-18-12-3-1-2-11(16)13(12)17/h1-6,18H,7H2. The number of hydrogen-bond donors (Lipinski definition) is 1. The minimum atomic E-state index is -0.937. The topological polar surface area (TPSA) is 12.0 Å². The third-order valence-corrected chi connectivity index (χ3v) is 2.81. The SMILES string of the molecule is Fc1cc(Br)cc(CNc2cccc(F)c2F)c1. The van der Waals surface area contributed by atoms with E-state index in [9.17, 15) is 13.2 Å². The maximum absolute atomic E-state index is 13.3. The Bertz CT molecular complexity index is 552. The van der Waals surface area contributed by atoms with Crippen LogP contribution in [0.1, 0.15) is 5.56 Å². The Morgan fingerprint density at radius 3 is 2.56 bits per heavy atom. The maximum Gasteiger partial charge on any atom is 0.181 e. The summed E-state index contributed by atoms with van der Waals surface area (Å²) in [6, 6.07) is 8.22. The van der Waals surface area contributed by atoms with Crippen LogP contribution in [-0.4, -0.2) is 0 Å². The molecule has 0 aliphatic heterocycles. The molecule has 18 heavy (non-hydrogen) atoms. The summed E-state index contributed by atoms with van der Waals surface area (Å²) in [4.78, 5) is 0. The van der Waals surface area contributed by atoms with Gasteiger partial charge in [0.2, 0.25) is 0 Å². The molecule has 0 aliphatic rings. The summed E-state index contributed by atoms with van der Waals surface area (Å²) in [6.07, 6.45) is 0. The minimum Gasteiger partial charge on any atom is -0.379 e. The van der Waals surface area contributed by atoms with E-state index in [1.165, 1.54) is 24.3 Å². The van der Waals surface area contributed by atoms with Crippen molar-refractivity contribution < 1.29 is 13.2 Å². The van der Waals surface area contributed by atoms with Gasteiger partial charge in [-0.3, -0.25) is 0 Å². The van der Waals surface area contributed by atoms with E-state index in [4.69, 9.17) is 0 Å². The second-order valence-corrected chi connectivity index (χ2v) is 4.65. The zero-order valence-corrected chi connectivity index (χ0v) is 10.8. The molecule has 5 heteroatoms. The first-order valence-corrected chi connectivity index (χ1v) is 5.98. The molecule has 0 saturated heterocycles. The molecule has 0 spiro atoms. The number of halogens is 4. The second kappa shape index (κ2) is 5.44. The van der Waals surface area contributed by atoms with E-state index >= 15 is 0 Å². The van der Waals surface area contributed by atoms with Gasteiger partial charge >= 0.3 is 0 Å². The molecule has 0 unspecified atom stereocenters. The van der Waals surface area contributed by atoms with E-state index in [1.54, 1.807) is 6.07 Å². The van der Waals surface area contributed by atoms with Crippen LogP contribution in [0.3, 0.4) is 0 Å². The first kappa shape index (κ1) is 13.0. The zero-order chi connectivity index (χ0) is 13.1. The van der Waals surface area contributed by atoms with Gasteiger partial charge in [-0.25, -0.2) is 13.2 Å². The Kier molecular flexibility index (Phi) is 3.91. The van der Waals surface area contributed by atoms with Crippen molar-refractivity contribution in [2.24, 2.45) is 0 Å². The molecule has 0 aliphatic carbocycles. The third-order valence-electron chi connectivity index (χ3n) is 2.36. The normalized spacial score (nSPS) is 10.4. The Hall–Kier alpha value is -1.49. The van der Waals surface area contributed by atoms with Gasteiger partial charge in [-0.2, -0.15) is 0 Å². The van der Waals surface area contributed by atoms with Gasteiger partial charge in [-0.15, -0.1) is 0 Å². The minimum absolute atomic E-state index is 0.0513. The largest absolute Gasteiger partial charge is 0.379 e. The van der Waals surface area contributed by atoms with Crippen LogP contribution < -0.4 is 5.32 Å². The van der Waals surface area contributed by atoms with Crippen LogP contribution in [0.15, 0.2) is 40.9 Å². The summed E-state index contributed by atoms with van der Waals surface area (Å²) in [5.74, 6) is -2.24.